The van der Waals surface area contributed by atoms with E-state index in [4.69, 9.17) is 4.74 Å². The van der Waals surface area contributed by atoms with Crippen LogP contribution in [0.3, 0.4) is 0 Å². The number of aryl methyl sites for hydroxylation is 1. The van der Waals surface area contributed by atoms with Crippen LogP contribution in [0.1, 0.15) is 52.7 Å². The second-order valence-electron chi connectivity index (χ2n) is 8.90. The largest absolute Gasteiger partial charge is 0.491 e. The summed E-state index contributed by atoms with van der Waals surface area (Å²) in [6.07, 6.45) is 1.42. The summed E-state index contributed by atoms with van der Waals surface area (Å²) in [6, 6.07) is 15.3. The SMILES string of the molecule is CC[C@@H](C)N(CC(=O)N1CCc2sccc2[C@H]1COc1ccccc1C)C(=O)c1ccccc1F. The molecule has 0 saturated carbocycles. The van der Waals surface area contributed by atoms with Crippen molar-refractivity contribution in [2.75, 3.05) is 19.7 Å². The predicted molar refractivity (Wildman–Crippen MR) is 136 cm³/mol. The zero-order valence-corrected chi connectivity index (χ0v) is 21.2. The van der Waals surface area contributed by atoms with Gasteiger partial charge in [0.05, 0.1) is 11.6 Å². The van der Waals surface area contributed by atoms with Crippen molar-refractivity contribution in [1.29, 1.82) is 0 Å². The van der Waals surface area contributed by atoms with Gasteiger partial charge in [-0.25, -0.2) is 4.39 Å². The van der Waals surface area contributed by atoms with Gasteiger partial charge in [-0.2, -0.15) is 0 Å². The molecule has 0 radical (unpaired) electrons. The second-order valence-corrected chi connectivity index (χ2v) is 9.90. The average Bonchev–Trinajstić information content (AvgIpc) is 3.35. The first-order chi connectivity index (χ1) is 16.9. The first kappa shape index (κ1) is 24.9. The summed E-state index contributed by atoms with van der Waals surface area (Å²) >= 11 is 1.69. The Hall–Kier alpha value is -3.19. The van der Waals surface area contributed by atoms with Gasteiger partial charge in [0.25, 0.3) is 5.91 Å². The number of para-hydroxylation sites is 1. The number of ether oxygens (including phenoxy) is 1. The molecule has 184 valence electrons. The molecular weight excluding hydrogens is 463 g/mol. The van der Waals surface area contributed by atoms with E-state index < -0.39 is 11.7 Å². The van der Waals surface area contributed by atoms with E-state index in [1.807, 2.05) is 55.3 Å². The number of carbonyl (C=O) groups excluding carboxylic acids is 2. The summed E-state index contributed by atoms with van der Waals surface area (Å²) in [4.78, 5) is 31.5. The van der Waals surface area contributed by atoms with Crippen molar-refractivity contribution in [3.8, 4) is 5.75 Å². The molecule has 2 heterocycles. The third-order valence-electron chi connectivity index (χ3n) is 6.70. The van der Waals surface area contributed by atoms with Crippen LogP contribution in [0.4, 0.5) is 4.39 Å². The fourth-order valence-corrected chi connectivity index (χ4v) is 5.36. The molecule has 0 aliphatic carbocycles. The number of hydrogen-bond donors (Lipinski definition) is 0. The molecule has 2 atom stereocenters. The van der Waals surface area contributed by atoms with Gasteiger partial charge < -0.3 is 14.5 Å². The van der Waals surface area contributed by atoms with Crippen LogP contribution < -0.4 is 4.74 Å². The molecule has 0 bridgehead atoms. The maximum absolute atomic E-state index is 14.4. The number of benzene rings is 2. The molecule has 3 aromatic rings. The van der Waals surface area contributed by atoms with Gasteiger partial charge in [-0.3, -0.25) is 9.59 Å². The molecule has 1 aliphatic rings. The number of nitrogens with zero attached hydrogens (tertiary/aromatic N) is 2. The normalized spacial score (nSPS) is 15.9. The minimum Gasteiger partial charge on any atom is -0.491 e. The summed E-state index contributed by atoms with van der Waals surface area (Å²) in [5, 5.41) is 2.05. The molecule has 0 N–H and O–H groups in total. The first-order valence-electron chi connectivity index (χ1n) is 12.0. The van der Waals surface area contributed by atoms with E-state index in [2.05, 4.69) is 6.07 Å². The molecule has 0 unspecified atom stereocenters. The zero-order valence-electron chi connectivity index (χ0n) is 20.4. The number of hydrogen-bond acceptors (Lipinski definition) is 4. The average molecular weight is 495 g/mol. The van der Waals surface area contributed by atoms with E-state index >= 15 is 0 Å². The molecular formula is C28H31FN2O3S. The molecule has 0 spiro atoms. The zero-order chi connectivity index (χ0) is 24.9. The third kappa shape index (κ3) is 5.40. The quantitative estimate of drug-likeness (QED) is 0.407. The minimum absolute atomic E-state index is 0.0150. The summed E-state index contributed by atoms with van der Waals surface area (Å²) < 4.78 is 20.6. The van der Waals surface area contributed by atoms with Crippen LogP contribution in [-0.2, 0) is 11.2 Å². The summed E-state index contributed by atoms with van der Waals surface area (Å²) in [5.41, 5.74) is 2.11. The Labute approximate surface area is 210 Å². The third-order valence-corrected chi connectivity index (χ3v) is 7.70. The first-order valence-corrected chi connectivity index (χ1v) is 12.9. The van der Waals surface area contributed by atoms with Crippen LogP contribution in [0, 0.1) is 12.7 Å². The standard InChI is InChI=1S/C28H31FN2O3S/c1-4-20(3)31(28(33)21-10-6-7-11-23(21)29)17-27(32)30-15-13-26-22(14-16-35-26)24(30)18-34-25-12-8-5-9-19(25)2/h5-12,14,16,20,24H,4,13,15,17-18H2,1-3H3/t20-,24-/m1/s1. The van der Waals surface area contributed by atoms with Crippen molar-refractivity contribution in [3.63, 3.8) is 0 Å². The Kier molecular flexibility index (Phi) is 7.86. The van der Waals surface area contributed by atoms with Crippen LogP contribution in [-0.4, -0.2) is 47.4 Å². The van der Waals surface area contributed by atoms with Gasteiger partial charge in [0.2, 0.25) is 5.91 Å². The van der Waals surface area contributed by atoms with Crippen molar-refractivity contribution < 1.29 is 18.7 Å². The van der Waals surface area contributed by atoms with Crippen LogP contribution in [0.2, 0.25) is 0 Å². The Balaban J connectivity index is 1.57. The van der Waals surface area contributed by atoms with Gasteiger partial charge >= 0.3 is 0 Å². The Morgan fingerprint density at radius 1 is 1.17 bits per heavy atom. The van der Waals surface area contributed by atoms with Gasteiger partial charge in [-0.1, -0.05) is 37.3 Å². The molecule has 7 heteroatoms. The van der Waals surface area contributed by atoms with Crippen LogP contribution in [0.15, 0.2) is 60.0 Å². The van der Waals surface area contributed by atoms with E-state index in [1.54, 1.807) is 23.5 Å². The van der Waals surface area contributed by atoms with E-state index in [-0.39, 0.29) is 30.1 Å². The summed E-state index contributed by atoms with van der Waals surface area (Å²) in [6.45, 7) is 6.60. The van der Waals surface area contributed by atoms with E-state index in [1.165, 1.54) is 21.9 Å². The molecule has 2 aromatic carbocycles. The van der Waals surface area contributed by atoms with Crippen molar-refractivity contribution in [2.24, 2.45) is 0 Å². The monoisotopic (exact) mass is 494 g/mol. The molecule has 2 amide bonds. The van der Waals surface area contributed by atoms with Gasteiger partial charge in [0.15, 0.2) is 0 Å². The molecule has 1 aliphatic heterocycles. The fourth-order valence-electron chi connectivity index (χ4n) is 4.44. The van der Waals surface area contributed by atoms with Crippen molar-refractivity contribution >= 4 is 23.2 Å². The highest BCUT2D eigenvalue weighted by atomic mass is 32.1. The van der Waals surface area contributed by atoms with Crippen molar-refractivity contribution in [3.05, 3.63) is 87.4 Å². The van der Waals surface area contributed by atoms with Crippen LogP contribution in [0.25, 0.3) is 0 Å². The number of halogens is 1. The smallest absolute Gasteiger partial charge is 0.257 e. The Bertz CT molecular complexity index is 1190. The number of amides is 2. The second kappa shape index (κ2) is 11.0. The highest BCUT2D eigenvalue weighted by Crippen LogP contribution is 2.34. The Morgan fingerprint density at radius 2 is 1.91 bits per heavy atom. The lowest BCUT2D eigenvalue weighted by Gasteiger charge is -2.38. The fraction of sp³-hybridized carbons (Fsp3) is 0.357. The highest BCUT2D eigenvalue weighted by Gasteiger charge is 2.34. The summed E-state index contributed by atoms with van der Waals surface area (Å²) in [7, 11) is 0. The number of fused-ring (bicyclic) bond motifs is 1. The molecule has 4 rings (SSSR count). The van der Waals surface area contributed by atoms with E-state index in [0.29, 0.717) is 19.6 Å². The Morgan fingerprint density at radius 3 is 2.66 bits per heavy atom. The molecule has 0 fully saturated rings. The molecule has 35 heavy (non-hydrogen) atoms. The number of carbonyl (C=O) groups is 2. The maximum Gasteiger partial charge on any atom is 0.257 e. The van der Waals surface area contributed by atoms with Gasteiger partial charge in [-0.05, 0) is 67.5 Å². The molecule has 0 saturated heterocycles. The van der Waals surface area contributed by atoms with Gasteiger partial charge in [0.1, 0.15) is 24.7 Å². The lowest BCUT2D eigenvalue weighted by atomic mass is 10.00. The van der Waals surface area contributed by atoms with Crippen molar-refractivity contribution in [2.45, 2.75) is 45.7 Å². The van der Waals surface area contributed by atoms with E-state index in [0.717, 1.165) is 23.3 Å². The van der Waals surface area contributed by atoms with E-state index in [9.17, 15) is 14.0 Å². The number of rotatable bonds is 8. The molecule has 5 nitrogen and oxygen atoms in total. The van der Waals surface area contributed by atoms with Crippen molar-refractivity contribution in [1.82, 2.24) is 9.80 Å². The van der Waals surface area contributed by atoms with Gasteiger partial charge in [0, 0.05) is 17.5 Å². The topological polar surface area (TPSA) is 49.9 Å². The number of thiophene rings is 1. The van der Waals surface area contributed by atoms with Crippen LogP contribution >= 0.6 is 11.3 Å². The minimum atomic E-state index is -0.580. The van der Waals surface area contributed by atoms with Crippen LogP contribution in [0.5, 0.6) is 5.75 Å². The molecule has 1 aromatic heterocycles. The highest BCUT2D eigenvalue weighted by molar-refractivity contribution is 7.10. The lowest BCUT2D eigenvalue weighted by Crippen LogP contribution is -2.50. The van der Waals surface area contributed by atoms with Gasteiger partial charge in [-0.15, -0.1) is 11.3 Å². The predicted octanol–water partition coefficient (Wildman–Crippen LogP) is 5.64. The summed E-state index contributed by atoms with van der Waals surface area (Å²) in [5.74, 6) is -0.418. The lowest BCUT2D eigenvalue weighted by molar-refractivity contribution is -0.136. The maximum atomic E-state index is 14.4.